The number of aromatic amines is 1. The van der Waals surface area contributed by atoms with Crippen LogP contribution in [0.3, 0.4) is 0 Å². The van der Waals surface area contributed by atoms with E-state index in [1.807, 2.05) is 44.3 Å². The molecule has 1 aliphatic carbocycles. The molecule has 11 heteroatoms. The van der Waals surface area contributed by atoms with Crippen LogP contribution in [0.5, 0.6) is 11.5 Å². The Morgan fingerprint density at radius 3 is 2.53 bits per heavy atom. The Kier molecular flexibility index (Phi) is 9.75. The number of carbonyl (C=O) groups excluding carboxylic acids is 2. The van der Waals surface area contributed by atoms with Gasteiger partial charge < -0.3 is 29.4 Å². The number of H-pyrrole nitrogens is 1. The number of carbonyl (C=O) groups is 2. The van der Waals surface area contributed by atoms with E-state index in [1.54, 1.807) is 24.9 Å². The van der Waals surface area contributed by atoms with Crippen molar-refractivity contribution in [2.75, 3.05) is 44.2 Å². The van der Waals surface area contributed by atoms with Crippen molar-refractivity contribution in [2.45, 2.75) is 77.7 Å². The summed E-state index contributed by atoms with van der Waals surface area (Å²) < 4.78 is 12.5. The van der Waals surface area contributed by atoms with Gasteiger partial charge in [-0.1, -0.05) is 18.2 Å². The van der Waals surface area contributed by atoms with E-state index >= 15 is 0 Å². The van der Waals surface area contributed by atoms with Crippen molar-refractivity contribution in [2.24, 2.45) is 5.92 Å². The van der Waals surface area contributed by atoms with E-state index in [2.05, 4.69) is 38.2 Å². The fourth-order valence-electron chi connectivity index (χ4n) is 6.60. The van der Waals surface area contributed by atoms with Crippen LogP contribution in [-0.4, -0.2) is 99.1 Å². The Morgan fingerprint density at radius 1 is 1.04 bits per heavy atom. The summed E-state index contributed by atoms with van der Waals surface area (Å²) in [5.74, 6) is 1.41. The maximum Gasteiger partial charge on any atom is 0.266 e. The lowest BCUT2D eigenvalue weighted by Gasteiger charge is -2.37. The van der Waals surface area contributed by atoms with E-state index in [1.165, 1.54) is 5.06 Å². The molecule has 6 rings (SSSR count). The van der Waals surface area contributed by atoms with E-state index in [0.717, 1.165) is 60.4 Å². The van der Waals surface area contributed by atoms with Crippen LogP contribution in [0, 0.1) is 5.92 Å². The SMILES string of the molecule is CC(C)Oc1cc(-c2cn[nH]c2)ccc1CN(C(=O)[C@@H]1CCCN(c2cccc(OC(C)(C)C(=O)N3CCN(O)CC3)c2)C1)C1CC1. The second-order valence-electron chi connectivity index (χ2n) is 13.8. The van der Waals surface area contributed by atoms with Gasteiger partial charge in [0, 0.05) is 80.9 Å². The third kappa shape index (κ3) is 7.90. The molecule has 2 N–H and O–H groups in total. The van der Waals surface area contributed by atoms with Crippen LogP contribution in [0.2, 0.25) is 0 Å². The van der Waals surface area contributed by atoms with Crippen LogP contribution >= 0.6 is 0 Å². The predicted octanol–water partition coefficient (Wildman–Crippen LogP) is 4.96. The first kappa shape index (κ1) is 32.8. The van der Waals surface area contributed by atoms with Gasteiger partial charge in [0.15, 0.2) is 5.60 Å². The Balaban J connectivity index is 1.14. The highest BCUT2D eigenvalue weighted by Gasteiger charge is 2.39. The van der Waals surface area contributed by atoms with Crippen molar-refractivity contribution >= 4 is 17.5 Å². The topological polar surface area (TPSA) is 114 Å². The van der Waals surface area contributed by atoms with Gasteiger partial charge in [-0.25, -0.2) is 0 Å². The Morgan fingerprint density at radius 2 is 1.83 bits per heavy atom. The number of anilines is 1. The van der Waals surface area contributed by atoms with Crippen molar-refractivity contribution < 1.29 is 24.3 Å². The lowest BCUT2D eigenvalue weighted by Crippen LogP contribution is -2.55. The number of amides is 2. The summed E-state index contributed by atoms with van der Waals surface area (Å²) in [6.07, 6.45) is 7.50. The normalized spacial score (nSPS) is 19.1. The molecule has 11 nitrogen and oxygen atoms in total. The lowest BCUT2D eigenvalue weighted by molar-refractivity contribution is -0.157. The largest absolute Gasteiger partial charge is 0.491 e. The fourth-order valence-corrected chi connectivity index (χ4v) is 6.60. The zero-order valence-electron chi connectivity index (χ0n) is 28.0. The van der Waals surface area contributed by atoms with Crippen LogP contribution in [0.25, 0.3) is 11.1 Å². The average molecular weight is 645 g/mol. The number of aromatic nitrogens is 2. The zero-order valence-corrected chi connectivity index (χ0v) is 28.0. The van der Waals surface area contributed by atoms with Crippen molar-refractivity contribution in [3.63, 3.8) is 0 Å². The second kappa shape index (κ2) is 13.9. The summed E-state index contributed by atoms with van der Waals surface area (Å²) in [5, 5.41) is 17.9. The molecule has 2 aromatic carbocycles. The predicted molar refractivity (Wildman–Crippen MR) is 179 cm³/mol. The molecular weight excluding hydrogens is 596 g/mol. The summed E-state index contributed by atoms with van der Waals surface area (Å²) in [4.78, 5) is 33.6. The molecule has 3 aliphatic rings. The molecule has 0 radical (unpaired) electrons. The van der Waals surface area contributed by atoms with Crippen LogP contribution in [0.15, 0.2) is 54.9 Å². The number of piperazine rings is 1. The third-order valence-corrected chi connectivity index (χ3v) is 9.26. The zero-order chi connectivity index (χ0) is 33.1. The molecule has 47 heavy (non-hydrogen) atoms. The Bertz CT molecular complexity index is 1530. The van der Waals surface area contributed by atoms with Gasteiger partial charge in [-0.15, -0.1) is 0 Å². The van der Waals surface area contributed by atoms with Gasteiger partial charge in [-0.2, -0.15) is 10.2 Å². The number of nitrogens with one attached hydrogen (secondary N) is 1. The highest BCUT2D eigenvalue weighted by Crippen LogP contribution is 2.36. The molecule has 0 spiro atoms. The quantitative estimate of drug-likeness (QED) is 0.301. The molecule has 3 fully saturated rings. The van der Waals surface area contributed by atoms with Crippen LogP contribution in [0.1, 0.15) is 58.9 Å². The van der Waals surface area contributed by atoms with Gasteiger partial charge in [0.2, 0.25) is 5.91 Å². The first-order valence-electron chi connectivity index (χ1n) is 16.9. The lowest BCUT2D eigenvalue weighted by atomic mass is 9.95. The van der Waals surface area contributed by atoms with E-state index in [4.69, 9.17) is 9.47 Å². The molecule has 0 bridgehead atoms. The molecule has 3 heterocycles. The van der Waals surface area contributed by atoms with Crippen LogP contribution in [-0.2, 0) is 16.1 Å². The summed E-state index contributed by atoms with van der Waals surface area (Å²) in [6, 6.07) is 14.3. The maximum atomic E-state index is 14.2. The molecule has 2 aliphatic heterocycles. The van der Waals surface area contributed by atoms with Gasteiger partial charge >= 0.3 is 0 Å². The number of piperidine rings is 1. The van der Waals surface area contributed by atoms with Gasteiger partial charge in [0.1, 0.15) is 11.5 Å². The molecule has 1 saturated carbocycles. The van der Waals surface area contributed by atoms with E-state index in [9.17, 15) is 14.8 Å². The minimum absolute atomic E-state index is 0.00533. The monoisotopic (exact) mass is 644 g/mol. The van der Waals surface area contributed by atoms with Gasteiger partial charge in [0.25, 0.3) is 5.91 Å². The average Bonchev–Trinajstić information content (AvgIpc) is 3.75. The van der Waals surface area contributed by atoms with Crippen LogP contribution in [0.4, 0.5) is 5.69 Å². The third-order valence-electron chi connectivity index (χ3n) is 9.26. The summed E-state index contributed by atoms with van der Waals surface area (Å²) in [5.41, 5.74) is 2.95. The minimum atomic E-state index is -1.06. The fraction of sp³-hybridized carbons (Fsp3) is 0.528. The number of hydrogen-bond acceptors (Lipinski definition) is 8. The second-order valence-corrected chi connectivity index (χ2v) is 13.8. The maximum absolute atomic E-state index is 14.2. The van der Waals surface area contributed by atoms with E-state index < -0.39 is 5.60 Å². The minimum Gasteiger partial charge on any atom is -0.491 e. The number of rotatable bonds is 11. The highest BCUT2D eigenvalue weighted by atomic mass is 16.5. The van der Waals surface area contributed by atoms with Crippen molar-refractivity contribution in [1.82, 2.24) is 25.1 Å². The van der Waals surface area contributed by atoms with Crippen LogP contribution < -0.4 is 14.4 Å². The van der Waals surface area contributed by atoms with Gasteiger partial charge in [-0.05, 0) is 77.1 Å². The van der Waals surface area contributed by atoms with Crippen molar-refractivity contribution in [1.29, 1.82) is 0 Å². The number of ether oxygens (including phenoxy) is 2. The first-order chi connectivity index (χ1) is 22.6. The highest BCUT2D eigenvalue weighted by molar-refractivity contribution is 5.85. The van der Waals surface area contributed by atoms with Gasteiger partial charge in [-0.3, -0.25) is 14.7 Å². The number of nitrogens with zero attached hydrogens (tertiary/aromatic N) is 5. The summed E-state index contributed by atoms with van der Waals surface area (Å²) in [6.45, 7) is 11.4. The standard InChI is InChI=1S/C36H48N6O5/c1-25(2)46-33-19-26(29-21-37-38-22-29)10-11-27(33)24-42(30-12-13-30)34(43)28-7-6-14-40(23-28)31-8-5-9-32(20-31)47-36(3,4)35(44)39-15-17-41(45)18-16-39/h5,8-11,19-22,25,28,30,45H,6-7,12-18,23-24H2,1-4H3,(H,37,38)/t28-/m1/s1. The number of hydroxylamine groups is 2. The molecular formula is C36H48N6O5. The van der Waals surface area contributed by atoms with E-state index in [-0.39, 0.29) is 29.9 Å². The van der Waals surface area contributed by atoms with E-state index in [0.29, 0.717) is 45.0 Å². The molecule has 3 aromatic rings. The Hall–Kier alpha value is -4.09. The summed E-state index contributed by atoms with van der Waals surface area (Å²) >= 11 is 0. The van der Waals surface area contributed by atoms with Crippen molar-refractivity contribution in [3.05, 3.63) is 60.4 Å². The Labute approximate surface area is 277 Å². The smallest absolute Gasteiger partial charge is 0.266 e. The van der Waals surface area contributed by atoms with Gasteiger partial charge in [0.05, 0.1) is 18.2 Å². The number of hydrogen-bond donors (Lipinski definition) is 2. The molecule has 1 aromatic heterocycles. The summed E-state index contributed by atoms with van der Waals surface area (Å²) in [7, 11) is 0. The number of benzene rings is 2. The molecule has 0 unspecified atom stereocenters. The van der Waals surface area contributed by atoms with Crippen molar-refractivity contribution in [3.8, 4) is 22.6 Å². The molecule has 1 atom stereocenters. The molecule has 2 saturated heterocycles. The first-order valence-corrected chi connectivity index (χ1v) is 16.9. The molecule has 2 amide bonds. The molecule has 252 valence electrons.